The van der Waals surface area contributed by atoms with E-state index in [1.165, 1.54) is 6.92 Å². The van der Waals surface area contributed by atoms with Crippen molar-refractivity contribution in [1.82, 2.24) is 5.32 Å². The minimum Gasteiger partial charge on any atom is -0.480 e. The summed E-state index contributed by atoms with van der Waals surface area (Å²) < 4.78 is 0. The van der Waals surface area contributed by atoms with Crippen molar-refractivity contribution in [2.45, 2.75) is 13.3 Å². The molecular weight excluding hydrogens is 190 g/mol. The van der Waals surface area contributed by atoms with Crippen LogP contribution in [-0.4, -0.2) is 28.1 Å². The molecule has 0 saturated carbocycles. The normalized spacial score (nSPS) is 26.4. The van der Waals surface area contributed by atoms with Crippen LogP contribution < -0.4 is 5.32 Å². The topological polar surface area (TPSA) is 104 Å². The highest BCUT2D eigenvalue weighted by Gasteiger charge is 2.45. The number of hydrogen-bond donors (Lipinski definition) is 3. The van der Waals surface area contributed by atoms with Gasteiger partial charge in [-0.05, 0) is 6.92 Å². The molecule has 1 atom stereocenters. The Hall–Kier alpha value is -1.85. The number of carboxylic acid groups (broad SMARTS) is 2. The van der Waals surface area contributed by atoms with Crippen LogP contribution in [0.5, 0.6) is 0 Å². The molecule has 0 bridgehead atoms. The lowest BCUT2D eigenvalue weighted by Gasteiger charge is -2.26. The molecule has 1 unspecified atom stereocenters. The second-order valence-electron chi connectivity index (χ2n) is 3.26. The molecule has 1 rings (SSSR count). The van der Waals surface area contributed by atoms with Crippen LogP contribution in [0, 0.1) is 5.41 Å². The van der Waals surface area contributed by atoms with Gasteiger partial charge in [0.1, 0.15) is 5.41 Å². The van der Waals surface area contributed by atoms with Crippen molar-refractivity contribution in [3.63, 3.8) is 0 Å². The third kappa shape index (κ3) is 1.46. The molecule has 76 valence electrons. The number of carbonyl (C=O) groups is 3. The number of carboxylic acids is 2. The van der Waals surface area contributed by atoms with Gasteiger partial charge in [0.15, 0.2) is 0 Å². The zero-order valence-electron chi connectivity index (χ0n) is 7.40. The summed E-state index contributed by atoms with van der Waals surface area (Å²) in [4.78, 5) is 32.5. The second kappa shape index (κ2) is 3.13. The van der Waals surface area contributed by atoms with E-state index >= 15 is 0 Å². The molecule has 0 spiro atoms. The summed E-state index contributed by atoms with van der Waals surface area (Å²) >= 11 is 0. The smallest absolute Gasteiger partial charge is 0.333 e. The zero-order chi connectivity index (χ0) is 10.9. The van der Waals surface area contributed by atoms with Crippen LogP contribution in [-0.2, 0) is 14.4 Å². The van der Waals surface area contributed by atoms with E-state index in [1.807, 2.05) is 0 Å². The molecule has 0 aromatic heterocycles. The number of nitrogens with one attached hydrogen (secondary N) is 1. The first-order valence-corrected chi connectivity index (χ1v) is 3.84. The van der Waals surface area contributed by atoms with Gasteiger partial charge in [-0.25, -0.2) is 4.79 Å². The van der Waals surface area contributed by atoms with Crippen LogP contribution in [0.2, 0.25) is 0 Å². The van der Waals surface area contributed by atoms with Crippen molar-refractivity contribution in [2.24, 2.45) is 5.41 Å². The highest BCUT2D eigenvalue weighted by molar-refractivity contribution is 6.05. The molecule has 0 aromatic carbocycles. The molecular formula is C8H9NO5. The molecule has 1 heterocycles. The summed E-state index contributed by atoms with van der Waals surface area (Å²) in [7, 11) is 0. The molecule has 1 aliphatic rings. The van der Waals surface area contributed by atoms with E-state index in [9.17, 15) is 14.4 Å². The van der Waals surface area contributed by atoms with E-state index in [0.717, 1.165) is 6.20 Å². The minimum atomic E-state index is -1.69. The number of carbonyl (C=O) groups excluding carboxylic acids is 1. The molecule has 0 saturated heterocycles. The maximum atomic E-state index is 11.2. The highest BCUT2D eigenvalue weighted by Crippen LogP contribution is 2.29. The summed E-state index contributed by atoms with van der Waals surface area (Å²) in [6, 6.07) is 0. The maximum Gasteiger partial charge on any atom is 0.333 e. The Balaban J connectivity index is 3.03. The lowest BCUT2D eigenvalue weighted by molar-refractivity contribution is -0.154. The predicted molar refractivity (Wildman–Crippen MR) is 44.2 cm³/mol. The monoisotopic (exact) mass is 199 g/mol. The SMILES string of the molecule is CC1(C(=O)O)CC(C(=O)O)=CNC1=O. The van der Waals surface area contributed by atoms with Gasteiger partial charge in [-0.3, -0.25) is 9.59 Å². The van der Waals surface area contributed by atoms with Crippen molar-refractivity contribution < 1.29 is 24.6 Å². The Kier molecular flexibility index (Phi) is 2.29. The fourth-order valence-corrected chi connectivity index (χ4v) is 1.13. The third-order valence-corrected chi connectivity index (χ3v) is 2.17. The summed E-state index contributed by atoms with van der Waals surface area (Å²) in [6.07, 6.45) is 0.721. The lowest BCUT2D eigenvalue weighted by Crippen LogP contribution is -2.46. The molecule has 0 radical (unpaired) electrons. The fraction of sp³-hybridized carbons (Fsp3) is 0.375. The largest absolute Gasteiger partial charge is 0.480 e. The van der Waals surface area contributed by atoms with Gasteiger partial charge in [0, 0.05) is 12.6 Å². The first-order chi connectivity index (χ1) is 6.38. The van der Waals surface area contributed by atoms with E-state index in [0.29, 0.717) is 0 Å². The summed E-state index contributed by atoms with van der Waals surface area (Å²) in [5.41, 5.74) is -1.81. The van der Waals surface area contributed by atoms with E-state index in [1.54, 1.807) is 0 Å². The maximum absolute atomic E-state index is 11.2. The quantitative estimate of drug-likeness (QED) is 0.523. The number of rotatable bonds is 2. The van der Waals surface area contributed by atoms with Crippen LogP contribution in [0.1, 0.15) is 13.3 Å². The third-order valence-electron chi connectivity index (χ3n) is 2.17. The van der Waals surface area contributed by atoms with Crippen molar-refractivity contribution in [3.05, 3.63) is 11.8 Å². The molecule has 3 N–H and O–H groups in total. The first-order valence-electron chi connectivity index (χ1n) is 3.84. The highest BCUT2D eigenvalue weighted by atomic mass is 16.4. The molecule has 1 amide bonds. The Morgan fingerprint density at radius 3 is 2.50 bits per heavy atom. The van der Waals surface area contributed by atoms with E-state index in [-0.39, 0.29) is 12.0 Å². The molecule has 14 heavy (non-hydrogen) atoms. The number of hydrogen-bond acceptors (Lipinski definition) is 3. The van der Waals surface area contributed by atoms with E-state index in [2.05, 4.69) is 5.32 Å². The van der Waals surface area contributed by atoms with Crippen LogP contribution >= 0.6 is 0 Å². The number of amides is 1. The van der Waals surface area contributed by atoms with Gasteiger partial charge in [-0.15, -0.1) is 0 Å². The van der Waals surface area contributed by atoms with Crippen LogP contribution in [0.25, 0.3) is 0 Å². The number of aliphatic carboxylic acids is 2. The average molecular weight is 199 g/mol. The zero-order valence-corrected chi connectivity index (χ0v) is 7.40. The van der Waals surface area contributed by atoms with Crippen molar-refractivity contribution in [2.75, 3.05) is 0 Å². The predicted octanol–water partition coefficient (Wildman–Crippen LogP) is -0.434. The van der Waals surface area contributed by atoms with E-state index < -0.39 is 23.3 Å². The second-order valence-corrected chi connectivity index (χ2v) is 3.26. The van der Waals surface area contributed by atoms with Gasteiger partial charge >= 0.3 is 11.9 Å². The van der Waals surface area contributed by atoms with Crippen molar-refractivity contribution in [3.8, 4) is 0 Å². The van der Waals surface area contributed by atoms with Gasteiger partial charge in [-0.2, -0.15) is 0 Å². The van der Waals surface area contributed by atoms with Gasteiger partial charge in [0.2, 0.25) is 5.91 Å². The van der Waals surface area contributed by atoms with Gasteiger partial charge < -0.3 is 15.5 Å². The van der Waals surface area contributed by atoms with Gasteiger partial charge in [0.25, 0.3) is 0 Å². The summed E-state index contributed by atoms with van der Waals surface area (Å²) in [5.74, 6) is -3.26. The van der Waals surface area contributed by atoms with Crippen molar-refractivity contribution in [1.29, 1.82) is 0 Å². The van der Waals surface area contributed by atoms with Crippen LogP contribution in [0.3, 0.4) is 0 Å². The molecule has 6 nitrogen and oxygen atoms in total. The molecule has 0 aromatic rings. The Morgan fingerprint density at radius 1 is 1.50 bits per heavy atom. The Bertz CT molecular complexity index is 346. The van der Waals surface area contributed by atoms with Crippen LogP contribution in [0.4, 0.5) is 0 Å². The fourth-order valence-electron chi connectivity index (χ4n) is 1.13. The standard InChI is InChI=1S/C8H9NO5/c1-8(7(13)14)2-4(5(10)11)3-9-6(8)12/h3H,2H2,1H3,(H,9,12)(H,10,11)(H,13,14). The first kappa shape index (κ1) is 10.2. The molecule has 0 fully saturated rings. The Labute approximate surface area is 79.2 Å². The van der Waals surface area contributed by atoms with Gasteiger partial charge in [0.05, 0.1) is 5.57 Å². The van der Waals surface area contributed by atoms with E-state index in [4.69, 9.17) is 10.2 Å². The summed E-state index contributed by atoms with van der Waals surface area (Å²) in [6.45, 7) is 1.20. The van der Waals surface area contributed by atoms with Crippen molar-refractivity contribution >= 4 is 17.8 Å². The average Bonchev–Trinajstić information content (AvgIpc) is 2.09. The lowest BCUT2D eigenvalue weighted by atomic mass is 9.81. The summed E-state index contributed by atoms with van der Waals surface area (Å²) in [5, 5.41) is 19.5. The molecule has 1 aliphatic heterocycles. The van der Waals surface area contributed by atoms with Crippen LogP contribution in [0.15, 0.2) is 11.8 Å². The Morgan fingerprint density at radius 2 is 2.07 bits per heavy atom. The minimum absolute atomic E-state index is 0.116. The van der Waals surface area contributed by atoms with Gasteiger partial charge in [-0.1, -0.05) is 0 Å². The molecule has 6 heteroatoms. The molecule has 0 aliphatic carbocycles.